The van der Waals surface area contributed by atoms with Gasteiger partial charge in [0.1, 0.15) is 12.1 Å². The highest BCUT2D eigenvalue weighted by atomic mass is 16.6. The summed E-state index contributed by atoms with van der Waals surface area (Å²) in [5.41, 5.74) is 2.32. The Kier molecular flexibility index (Phi) is 45.1. The number of H-pyrrole nitrogens is 2. The molecule has 2 aromatic rings. The minimum atomic E-state index is -0.634. The number of likely N-dealkylation sites (N-methyl/N-ethyl adjacent to an activating group) is 4. The van der Waals surface area contributed by atoms with Crippen molar-refractivity contribution in [3.05, 3.63) is 35.9 Å². The fraction of sp³-hybridized carbons (Fsp3) is 0.860. The van der Waals surface area contributed by atoms with Crippen molar-refractivity contribution in [2.75, 3.05) is 161 Å². The third-order valence-corrected chi connectivity index (χ3v) is 9.05. The molecule has 0 spiro atoms. The van der Waals surface area contributed by atoms with Gasteiger partial charge in [-0.2, -0.15) is 0 Å². The van der Waals surface area contributed by atoms with E-state index < -0.39 is 6.29 Å². The first-order valence-corrected chi connectivity index (χ1v) is 22.0. The first-order chi connectivity index (χ1) is 28.4. The van der Waals surface area contributed by atoms with Gasteiger partial charge < -0.3 is 59.5 Å². The predicted molar refractivity (Wildman–Crippen MR) is 249 cm³/mol. The lowest BCUT2D eigenvalue weighted by atomic mass is 10.2. The number of rotatable bonds is 17. The number of aromatic nitrogens is 4. The molecular weight excluding hydrogens is 767 g/mol. The Labute approximate surface area is 367 Å². The van der Waals surface area contributed by atoms with Crippen molar-refractivity contribution in [1.82, 2.24) is 54.7 Å². The van der Waals surface area contributed by atoms with Crippen LogP contribution in [-0.2, 0) is 20.6 Å². The van der Waals surface area contributed by atoms with Gasteiger partial charge in [-0.1, -0.05) is 27.7 Å². The van der Waals surface area contributed by atoms with Crippen molar-refractivity contribution in [3.63, 3.8) is 0 Å². The topological polar surface area (TPSA) is 177 Å². The summed E-state index contributed by atoms with van der Waals surface area (Å²) >= 11 is 0. The number of hydrogen-bond acceptors (Lipinski definition) is 15. The van der Waals surface area contributed by atoms with Crippen LogP contribution in [0.4, 0.5) is 0 Å². The molecule has 0 radical (unpaired) electrons. The van der Waals surface area contributed by atoms with Gasteiger partial charge in [-0.3, -0.25) is 14.7 Å². The first-order valence-electron chi connectivity index (χ1n) is 22.0. The van der Waals surface area contributed by atoms with Gasteiger partial charge in [-0.05, 0) is 110 Å². The van der Waals surface area contributed by atoms with Crippen molar-refractivity contribution in [2.45, 2.75) is 86.9 Å². The Balaban J connectivity index is -0.000000638. The van der Waals surface area contributed by atoms with Gasteiger partial charge >= 0.3 is 0 Å². The van der Waals surface area contributed by atoms with Gasteiger partial charge in [0.05, 0.1) is 45.5 Å². The Bertz CT molecular complexity index is 1090. The van der Waals surface area contributed by atoms with E-state index in [4.69, 9.17) is 24.4 Å². The van der Waals surface area contributed by atoms with Crippen LogP contribution in [0.25, 0.3) is 0 Å². The molecule has 2 saturated heterocycles. The van der Waals surface area contributed by atoms with Gasteiger partial charge in [0.25, 0.3) is 0 Å². The average molecular weight is 862 g/mol. The number of nitrogens with one attached hydrogen (secondary N) is 3. The highest BCUT2D eigenvalue weighted by Gasteiger charge is 2.09. The third kappa shape index (κ3) is 45.4. The van der Waals surface area contributed by atoms with E-state index in [1.807, 2.05) is 55.3 Å². The van der Waals surface area contributed by atoms with Crippen LogP contribution in [0.3, 0.4) is 0 Å². The maximum atomic E-state index is 9.21. The molecule has 3 atom stereocenters. The molecule has 17 nitrogen and oxygen atoms in total. The standard InChI is InChI=1S/C8H18N2O.C8H19NO2.C7H18N2O.C6H10N2.C6H13NO.C4H6N2.C4H11NO/c1-9(2)3-4-10-5-7-11-8-6-10;1-4-9(5-2)6-7-11-8(3)10;1-8-6-7(10)4-5-9(2)3;1-3-6-4-7-5(2)8-6;1-2-7-3-5-8-6-4-7;1-4-2-5-3-6-4;1-4(6)5(2)3/h3-8H2,1-2H3;8,10H,4-7H2,1-3H3;7-8,10H,4-6H2,1-3H3;4H,3H2,1-2H3,(H,7,8);2-6H2,1H3;2-3H,1H3,(H,5,6);4,6H,1-3H3. The van der Waals surface area contributed by atoms with Crippen molar-refractivity contribution in [2.24, 2.45) is 0 Å². The van der Waals surface area contributed by atoms with Crippen molar-refractivity contribution in [1.29, 1.82) is 0 Å². The molecule has 0 aliphatic carbocycles. The highest BCUT2D eigenvalue weighted by Crippen LogP contribution is 1.97. The van der Waals surface area contributed by atoms with E-state index in [0.717, 1.165) is 110 Å². The number of morpholine rings is 2. The van der Waals surface area contributed by atoms with Gasteiger partial charge in [0.2, 0.25) is 0 Å². The van der Waals surface area contributed by atoms with Gasteiger partial charge in [0.15, 0.2) is 6.29 Å². The Morgan fingerprint density at radius 3 is 1.65 bits per heavy atom. The SMILES string of the molecule is CC(O)N(C)C.CCN(CC)CCOC(C)O.CCN1CCOCC1.CCc1cnc(C)[nH]1.CN(C)CCN1CCOCC1.CNCC(O)CCN(C)C.Cc1cnc[nH]1. The number of imidazole rings is 2. The molecule has 0 amide bonds. The maximum absolute atomic E-state index is 9.21. The second-order valence-corrected chi connectivity index (χ2v) is 15.3. The lowest BCUT2D eigenvalue weighted by Gasteiger charge is -2.27. The first kappa shape index (κ1) is 62.2. The maximum Gasteiger partial charge on any atom is 0.151 e. The summed E-state index contributed by atoms with van der Waals surface area (Å²) in [4.78, 5) is 26.9. The van der Waals surface area contributed by atoms with E-state index in [1.54, 1.807) is 31.3 Å². The van der Waals surface area contributed by atoms with E-state index in [2.05, 4.69) is 91.5 Å². The van der Waals surface area contributed by atoms with E-state index in [9.17, 15) is 5.11 Å². The summed E-state index contributed by atoms with van der Waals surface area (Å²) in [7, 11) is 13.7. The monoisotopic (exact) mass is 862 g/mol. The molecule has 4 rings (SSSR count). The smallest absolute Gasteiger partial charge is 0.151 e. The van der Waals surface area contributed by atoms with Gasteiger partial charge in [-0.25, -0.2) is 9.97 Å². The number of ether oxygens (including phenoxy) is 3. The summed E-state index contributed by atoms with van der Waals surface area (Å²) in [5.74, 6) is 1.00. The minimum absolute atomic E-state index is 0.201. The van der Waals surface area contributed by atoms with Crippen LogP contribution in [0.15, 0.2) is 18.7 Å². The van der Waals surface area contributed by atoms with E-state index in [0.29, 0.717) is 13.2 Å². The summed E-state index contributed by atoms with van der Waals surface area (Å²) in [5, 5.41) is 29.5. The second kappa shape index (κ2) is 43.5. The number of nitrogens with zero attached hydrogens (tertiary/aromatic N) is 8. The molecule has 60 heavy (non-hydrogen) atoms. The molecule has 0 saturated carbocycles. The van der Waals surface area contributed by atoms with Crippen LogP contribution < -0.4 is 5.32 Å². The molecule has 2 aliphatic rings. The largest absolute Gasteiger partial charge is 0.392 e. The zero-order valence-corrected chi connectivity index (χ0v) is 41.0. The van der Waals surface area contributed by atoms with Crippen LogP contribution >= 0.6 is 0 Å². The lowest BCUT2D eigenvalue weighted by molar-refractivity contribution is -0.0889. The molecule has 17 heteroatoms. The van der Waals surface area contributed by atoms with Crippen LogP contribution in [0.5, 0.6) is 0 Å². The van der Waals surface area contributed by atoms with Crippen molar-refractivity contribution < 1.29 is 29.5 Å². The zero-order chi connectivity index (χ0) is 46.1. The van der Waals surface area contributed by atoms with Crippen molar-refractivity contribution >= 4 is 0 Å². The zero-order valence-electron chi connectivity index (χ0n) is 41.0. The van der Waals surface area contributed by atoms with Crippen LogP contribution in [-0.4, -0.2) is 244 Å². The molecule has 0 bridgehead atoms. The normalized spacial score (nSPS) is 15.6. The fourth-order valence-electron chi connectivity index (χ4n) is 4.70. The number of aliphatic hydroxyl groups excluding tert-OH is 3. The molecule has 3 unspecified atom stereocenters. The summed E-state index contributed by atoms with van der Waals surface area (Å²) < 4.78 is 15.4. The van der Waals surface area contributed by atoms with Crippen LogP contribution in [0.1, 0.15) is 65.2 Å². The quantitative estimate of drug-likeness (QED) is 0.128. The second-order valence-electron chi connectivity index (χ2n) is 15.3. The van der Waals surface area contributed by atoms with E-state index in [-0.39, 0.29) is 12.3 Å². The van der Waals surface area contributed by atoms with Gasteiger partial charge in [0, 0.05) is 82.7 Å². The molecule has 2 aromatic heterocycles. The number of aliphatic hydroxyl groups is 3. The summed E-state index contributed by atoms with van der Waals surface area (Å²) in [6, 6.07) is 0. The third-order valence-electron chi connectivity index (χ3n) is 9.05. The van der Waals surface area contributed by atoms with Crippen LogP contribution in [0.2, 0.25) is 0 Å². The predicted octanol–water partition coefficient (Wildman–Crippen LogP) is 2.31. The molecular formula is C43H95N11O6. The molecule has 4 heterocycles. The Hall–Kier alpha value is -2.10. The molecule has 6 N–H and O–H groups in total. The molecule has 358 valence electrons. The Morgan fingerprint density at radius 1 is 0.817 bits per heavy atom. The molecule has 2 fully saturated rings. The van der Waals surface area contributed by atoms with E-state index in [1.165, 1.54) is 18.8 Å². The number of hydrogen-bond donors (Lipinski definition) is 6. The number of aryl methyl sites for hydroxylation is 3. The average Bonchev–Trinajstić information content (AvgIpc) is 3.90. The fourth-order valence-corrected chi connectivity index (χ4v) is 4.70. The lowest BCUT2D eigenvalue weighted by Crippen LogP contribution is -2.40. The van der Waals surface area contributed by atoms with Crippen LogP contribution in [0, 0.1) is 13.8 Å². The van der Waals surface area contributed by atoms with E-state index >= 15 is 0 Å². The summed E-state index contributed by atoms with van der Waals surface area (Å²) in [6.45, 7) is 32.6. The Morgan fingerprint density at radius 2 is 1.35 bits per heavy atom. The van der Waals surface area contributed by atoms with Gasteiger partial charge in [-0.15, -0.1) is 0 Å². The molecule has 2 aliphatic heterocycles. The minimum Gasteiger partial charge on any atom is -0.392 e. The molecule has 0 aromatic carbocycles. The summed E-state index contributed by atoms with van der Waals surface area (Å²) in [6.07, 6.45) is 6.04. The van der Waals surface area contributed by atoms with Crippen molar-refractivity contribution in [3.8, 4) is 0 Å². The number of aromatic amines is 2. The highest BCUT2D eigenvalue weighted by molar-refractivity contribution is 4.98.